The van der Waals surface area contributed by atoms with Gasteiger partial charge in [-0.3, -0.25) is 0 Å². The van der Waals surface area contributed by atoms with Crippen LogP contribution in [0.15, 0.2) is 164 Å². The van der Waals surface area contributed by atoms with E-state index >= 15 is 0 Å². The molecule has 0 amide bonds. The molecule has 0 N–H and O–H groups in total. The molecule has 0 saturated carbocycles. The Hall–Kier alpha value is -6.30. The van der Waals surface area contributed by atoms with Crippen molar-refractivity contribution in [1.82, 2.24) is 0 Å². The lowest BCUT2D eigenvalue weighted by atomic mass is 9.43. The first kappa shape index (κ1) is 27.5. The molecule has 0 unspecified atom stereocenters. The first-order valence-corrected chi connectivity index (χ1v) is 18.3. The number of para-hydroxylation sites is 3. The van der Waals surface area contributed by atoms with Gasteiger partial charge in [-0.2, -0.15) is 0 Å². The van der Waals surface area contributed by atoms with Crippen molar-refractivity contribution in [1.29, 1.82) is 0 Å². The minimum Gasteiger partial charge on any atom is -0.453 e. The Bertz CT molecular complexity index is 2930. The fourth-order valence-corrected chi connectivity index (χ4v) is 9.87. The van der Waals surface area contributed by atoms with Crippen LogP contribution in [-0.4, -0.2) is 6.85 Å². The number of hydrogen-bond acceptors (Lipinski definition) is 4. The van der Waals surface area contributed by atoms with Crippen molar-refractivity contribution in [2.45, 2.75) is 0 Å². The second-order valence-electron chi connectivity index (χ2n) is 13.7. The van der Waals surface area contributed by atoms with Gasteiger partial charge in [-0.05, 0) is 105 Å². The van der Waals surface area contributed by atoms with Gasteiger partial charge in [0.2, 0.25) is 0 Å². The molecular weight excluding hydrogens is 639 g/mol. The van der Waals surface area contributed by atoms with E-state index in [2.05, 4.69) is 174 Å². The van der Waals surface area contributed by atoms with Crippen molar-refractivity contribution in [3.63, 3.8) is 0 Å². The fourth-order valence-electron chi connectivity index (χ4n) is 8.79. The number of rotatable bonds is 2. The number of ether oxygens (including phenoxy) is 1. The molecular formula is C46H27BN2OS. The molecule has 0 spiro atoms. The lowest BCUT2D eigenvalue weighted by Gasteiger charge is -2.47. The molecule has 12 rings (SSSR count). The van der Waals surface area contributed by atoms with Crippen LogP contribution >= 0.6 is 11.3 Å². The third-order valence-electron chi connectivity index (χ3n) is 11.0. The van der Waals surface area contributed by atoms with Crippen LogP contribution < -0.4 is 25.4 Å². The van der Waals surface area contributed by atoms with E-state index in [1.54, 1.807) is 0 Å². The molecule has 3 aliphatic heterocycles. The summed E-state index contributed by atoms with van der Waals surface area (Å²) in [6, 6.07) is 60.1. The SMILES string of the molecule is c1ccc(-c2cc3c4c(c2)N2c5ccccc5Oc5cccc(c52)B4N(c2ccc4sc5ccccc5c4c2)c2cc4ccccc4cc2-3)cc1. The quantitative estimate of drug-likeness (QED) is 0.171. The zero-order chi connectivity index (χ0) is 33.2. The highest BCUT2D eigenvalue weighted by molar-refractivity contribution is 7.25. The van der Waals surface area contributed by atoms with E-state index in [0.29, 0.717) is 0 Å². The van der Waals surface area contributed by atoms with Crippen molar-refractivity contribution >= 4 is 88.5 Å². The molecule has 0 aliphatic carbocycles. The second kappa shape index (κ2) is 10.1. The van der Waals surface area contributed by atoms with Gasteiger partial charge in [0.1, 0.15) is 0 Å². The van der Waals surface area contributed by atoms with Gasteiger partial charge in [0.25, 0.3) is 0 Å². The summed E-state index contributed by atoms with van der Waals surface area (Å²) < 4.78 is 9.32. The van der Waals surface area contributed by atoms with E-state index < -0.39 is 0 Å². The Morgan fingerprint density at radius 2 is 1.25 bits per heavy atom. The molecule has 51 heavy (non-hydrogen) atoms. The second-order valence-corrected chi connectivity index (χ2v) is 14.8. The average Bonchev–Trinajstić information content (AvgIpc) is 3.56. The van der Waals surface area contributed by atoms with Gasteiger partial charge in [-0.15, -0.1) is 11.3 Å². The molecule has 0 saturated heterocycles. The van der Waals surface area contributed by atoms with Crippen LogP contribution in [0.5, 0.6) is 11.5 Å². The van der Waals surface area contributed by atoms with Crippen LogP contribution in [-0.2, 0) is 0 Å². The normalized spacial score (nSPS) is 13.5. The van der Waals surface area contributed by atoms with E-state index in [9.17, 15) is 0 Å². The molecule has 0 bridgehead atoms. The zero-order valence-corrected chi connectivity index (χ0v) is 28.2. The first-order valence-electron chi connectivity index (χ1n) is 17.5. The first-order chi connectivity index (χ1) is 25.3. The number of benzene rings is 8. The topological polar surface area (TPSA) is 15.7 Å². The van der Waals surface area contributed by atoms with Gasteiger partial charge in [0.15, 0.2) is 11.5 Å². The summed E-state index contributed by atoms with van der Waals surface area (Å²) >= 11 is 1.87. The lowest BCUT2D eigenvalue weighted by molar-refractivity contribution is 0.477. The van der Waals surface area contributed by atoms with Crippen molar-refractivity contribution < 1.29 is 4.74 Å². The summed E-state index contributed by atoms with van der Waals surface area (Å²) in [4.78, 5) is 5.07. The summed E-state index contributed by atoms with van der Waals surface area (Å²) in [5, 5.41) is 5.07. The lowest BCUT2D eigenvalue weighted by Crippen LogP contribution is -2.61. The zero-order valence-electron chi connectivity index (χ0n) is 27.4. The molecule has 0 radical (unpaired) electrons. The highest BCUT2D eigenvalue weighted by Gasteiger charge is 2.47. The Kier molecular flexibility index (Phi) is 5.47. The third kappa shape index (κ3) is 3.79. The molecule has 236 valence electrons. The highest BCUT2D eigenvalue weighted by Crippen LogP contribution is 2.55. The maximum atomic E-state index is 6.70. The molecule has 8 aromatic carbocycles. The van der Waals surface area contributed by atoms with Crippen molar-refractivity contribution in [3.8, 4) is 33.8 Å². The summed E-state index contributed by atoms with van der Waals surface area (Å²) in [6.45, 7) is -0.0871. The summed E-state index contributed by atoms with van der Waals surface area (Å²) in [6.07, 6.45) is 0. The molecule has 1 aromatic heterocycles. The molecule has 5 heteroatoms. The minimum absolute atomic E-state index is 0.0871. The number of fused-ring (bicyclic) bond motifs is 10. The van der Waals surface area contributed by atoms with E-state index in [1.165, 1.54) is 81.2 Å². The summed E-state index contributed by atoms with van der Waals surface area (Å²) in [5.74, 6) is 1.75. The Labute approximate surface area is 299 Å². The van der Waals surface area contributed by atoms with E-state index in [0.717, 1.165) is 22.9 Å². The maximum absolute atomic E-state index is 6.70. The number of hydrogen-bond donors (Lipinski definition) is 0. The maximum Gasteiger partial charge on any atom is 0.333 e. The van der Waals surface area contributed by atoms with Crippen molar-refractivity contribution in [2.24, 2.45) is 0 Å². The van der Waals surface area contributed by atoms with Gasteiger partial charge < -0.3 is 14.4 Å². The minimum atomic E-state index is -0.0871. The predicted octanol–water partition coefficient (Wildman–Crippen LogP) is 11.7. The van der Waals surface area contributed by atoms with E-state index in [4.69, 9.17) is 4.74 Å². The monoisotopic (exact) mass is 666 g/mol. The van der Waals surface area contributed by atoms with Gasteiger partial charge in [0.05, 0.1) is 11.4 Å². The Morgan fingerprint density at radius 1 is 0.490 bits per heavy atom. The standard InChI is InChI=1S/C46H27BN2OS/c1-2-11-28(12-3-1)31-24-36-34-23-29-13-4-5-14-30(29)25-39(34)49(32-21-22-44-35(27-32)33-15-6-9-20-43(33)51-44)47-37-16-10-19-42-46(37)48(40(26-31)45(36)47)38-17-7-8-18-41(38)50-42/h1-27H. The van der Waals surface area contributed by atoms with Gasteiger partial charge >= 0.3 is 6.85 Å². The molecule has 3 aliphatic rings. The molecule has 0 fully saturated rings. The fraction of sp³-hybridized carbons (Fsp3) is 0. The predicted molar refractivity (Wildman–Crippen MR) is 216 cm³/mol. The van der Waals surface area contributed by atoms with Crippen molar-refractivity contribution in [3.05, 3.63) is 164 Å². The van der Waals surface area contributed by atoms with Crippen LogP contribution in [0.3, 0.4) is 0 Å². The average molecular weight is 667 g/mol. The van der Waals surface area contributed by atoms with Crippen LogP contribution in [0.25, 0.3) is 53.2 Å². The van der Waals surface area contributed by atoms with Crippen LogP contribution in [0, 0.1) is 0 Å². The van der Waals surface area contributed by atoms with Crippen LogP contribution in [0.4, 0.5) is 28.4 Å². The molecule has 9 aromatic rings. The van der Waals surface area contributed by atoms with Crippen LogP contribution in [0.1, 0.15) is 0 Å². The number of anilines is 5. The summed E-state index contributed by atoms with van der Waals surface area (Å²) in [7, 11) is 0. The Morgan fingerprint density at radius 3 is 2.18 bits per heavy atom. The molecule has 4 heterocycles. The van der Waals surface area contributed by atoms with Crippen molar-refractivity contribution in [2.75, 3.05) is 9.71 Å². The Balaban J connectivity index is 1.23. The highest BCUT2D eigenvalue weighted by atomic mass is 32.1. The number of nitrogens with zero attached hydrogens (tertiary/aromatic N) is 2. The number of thiophene rings is 1. The largest absolute Gasteiger partial charge is 0.453 e. The third-order valence-corrected chi connectivity index (χ3v) is 12.1. The van der Waals surface area contributed by atoms with E-state index in [-0.39, 0.29) is 6.85 Å². The van der Waals surface area contributed by atoms with Gasteiger partial charge in [-0.1, -0.05) is 97.1 Å². The molecule has 3 nitrogen and oxygen atoms in total. The van der Waals surface area contributed by atoms with E-state index in [1.807, 2.05) is 11.3 Å². The smallest absolute Gasteiger partial charge is 0.333 e. The molecule has 0 atom stereocenters. The van der Waals surface area contributed by atoms with Gasteiger partial charge in [-0.25, -0.2) is 0 Å². The van der Waals surface area contributed by atoms with Crippen LogP contribution in [0.2, 0.25) is 0 Å². The summed E-state index contributed by atoms with van der Waals surface area (Å²) in [5.41, 5.74) is 13.2. The van der Waals surface area contributed by atoms with Gasteiger partial charge in [0, 0.05) is 42.8 Å².